The van der Waals surface area contributed by atoms with Crippen molar-refractivity contribution in [2.24, 2.45) is 0 Å². The van der Waals surface area contributed by atoms with E-state index < -0.39 is 5.91 Å². The molecule has 0 saturated carbocycles. The predicted molar refractivity (Wildman–Crippen MR) is 80.4 cm³/mol. The maximum atomic E-state index is 12.1. The summed E-state index contributed by atoms with van der Waals surface area (Å²) in [4.78, 5) is 30.7. The van der Waals surface area contributed by atoms with Crippen LogP contribution < -0.4 is 10.6 Å². The molecule has 3 N–H and O–H groups in total. The molecule has 116 valence electrons. The molecule has 7 heteroatoms. The van der Waals surface area contributed by atoms with E-state index in [1.165, 1.54) is 6.33 Å². The molecule has 7 nitrogen and oxygen atoms in total. The highest BCUT2D eigenvalue weighted by atomic mass is 16.5. The highest BCUT2D eigenvalue weighted by Crippen LogP contribution is 2.04. The van der Waals surface area contributed by atoms with E-state index in [0.29, 0.717) is 19.7 Å². The van der Waals surface area contributed by atoms with Gasteiger partial charge in [-0.05, 0) is 5.56 Å². The first kappa shape index (κ1) is 15.7. The fourth-order valence-corrected chi connectivity index (χ4v) is 1.86. The number of imidazole rings is 1. The van der Waals surface area contributed by atoms with Gasteiger partial charge >= 0.3 is 0 Å². The number of carbonyl (C=O) groups excluding carboxylic acids is 2. The third-order valence-corrected chi connectivity index (χ3v) is 2.97. The summed E-state index contributed by atoms with van der Waals surface area (Å²) in [7, 11) is 1.54. The van der Waals surface area contributed by atoms with Crippen LogP contribution >= 0.6 is 0 Å². The van der Waals surface area contributed by atoms with E-state index in [-0.39, 0.29) is 17.3 Å². The van der Waals surface area contributed by atoms with E-state index in [2.05, 4.69) is 20.6 Å². The molecule has 0 aliphatic carbocycles. The van der Waals surface area contributed by atoms with Crippen molar-refractivity contribution in [3.05, 3.63) is 53.6 Å². The van der Waals surface area contributed by atoms with Gasteiger partial charge in [0.25, 0.3) is 11.8 Å². The Hall–Kier alpha value is -2.67. The van der Waals surface area contributed by atoms with Crippen molar-refractivity contribution < 1.29 is 14.3 Å². The molecule has 1 aromatic heterocycles. The van der Waals surface area contributed by atoms with Gasteiger partial charge in [0.05, 0.1) is 12.9 Å². The zero-order valence-electron chi connectivity index (χ0n) is 12.3. The molecule has 2 rings (SSSR count). The quantitative estimate of drug-likeness (QED) is 0.657. The van der Waals surface area contributed by atoms with Crippen molar-refractivity contribution in [2.45, 2.75) is 6.54 Å². The number of aromatic nitrogens is 2. The second-order valence-electron chi connectivity index (χ2n) is 4.54. The van der Waals surface area contributed by atoms with Gasteiger partial charge in [0.1, 0.15) is 5.69 Å². The molecule has 2 aromatic rings. The van der Waals surface area contributed by atoms with Crippen molar-refractivity contribution in [1.82, 2.24) is 20.6 Å². The number of rotatable bonds is 7. The molecule has 0 aliphatic heterocycles. The Labute approximate surface area is 128 Å². The summed E-state index contributed by atoms with van der Waals surface area (Å²) in [5.74, 6) is -0.790. The molecule has 1 aromatic carbocycles. The maximum Gasteiger partial charge on any atom is 0.272 e. The average Bonchev–Trinajstić information content (AvgIpc) is 3.03. The molecular weight excluding hydrogens is 284 g/mol. The average molecular weight is 302 g/mol. The van der Waals surface area contributed by atoms with Crippen LogP contribution in [0.4, 0.5) is 0 Å². The first-order chi connectivity index (χ1) is 10.7. The smallest absolute Gasteiger partial charge is 0.272 e. The molecule has 0 fully saturated rings. The van der Waals surface area contributed by atoms with Crippen molar-refractivity contribution in [3.8, 4) is 0 Å². The number of ether oxygens (including phenoxy) is 1. The van der Waals surface area contributed by atoms with Crippen LogP contribution in [0.2, 0.25) is 0 Å². The molecule has 22 heavy (non-hydrogen) atoms. The molecule has 2 amide bonds. The van der Waals surface area contributed by atoms with Crippen LogP contribution in [0.25, 0.3) is 0 Å². The summed E-state index contributed by atoms with van der Waals surface area (Å²) in [5, 5.41) is 5.38. The minimum Gasteiger partial charge on any atom is -0.383 e. The maximum absolute atomic E-state index is 12.1. The van der Waals surface area contributed by atoms with Gasteiger partial charge in [-0.25, -0.2) is 4.98 Å². The van der Waals surface area contributed by atoms with Crippen molar-refractivity contribution in [2.75, 3.05) is 20.3 Å². The summed E-state index contributed by atoms with van der Waals surface area (Å²) in [6.07, 6.45) is 1.32. The Morgan fingerprint density at radius 2 is 1.95 bits per heavy atom. The van der Waals surface area contributed by atoms with Crippen LogP contribution in [0.1, 0.15) is 26.5 Å². The second kappa shape index (κ2) is 7.94. The van der Waals surface area contributed by atoms with Gasteiger partial charge in [-0.3, -0.25) is 9.59 Å². The summed E-state index contributed by atoms with van der Waals surface area (Å²) >= 11 is 0. The van der Waals surface area contributed by atoms with E-state index in [0.717, 1.165) is 5.56 Å². The van der Waals surface area contributed by atoms with Gasteiger partial charge in [-0.1, -0.05) is 30.3 Å². The van der Waals surface area contributed by atoms with E-state index >= 15 is 0 Å². The Bertz CT molecular complexity index is 625. The van der Waals surface area contributed by atoms with E-state index in [1.54, 1.807) is 7.11 Å². The third-order valence-electron chi connectivity index (χ3n) is 2.97. The fraction of sp³-hybridized carbons (Fsp3) is 0.267. The van der Waals surface area contributed by atoms with Crippen LogP contribution in [0, 0.1) is 0 Å². The zero-order chi connectivity index (χ0) is 15.8. The Kier molecular flexibility index (Phi) is 5.67. The Morgan fingerprint density at radius 3 is 2.68 bits per heavy atom. The lowest BCUT2D eigenvalue weighted by Gasteiger charge is -2.06. The number of methoxy groups -OCH3 is 1. The van der Waals surface area contributed by atoms with E-state index in [1.807, 2.05) is 30.3 Å². The number of nitrogens with one attached hydrogen (secondary N) is 3. The summed E-state index contributed by atoms with van der Waals surface area (Å²) in [6.45, 7) is 1.13. The number of benzene rings is 1. The molecule has 0 spiro atoms. The standard InChI is InChI=1S/C15H18N4O3/c1-22-8-7-16-14(20)12-13(19-10-18-12)15(21)17-9-11-5-3-2-4-6-11/h2-6,10H,7-9H2,1H3,(H,16,20)(H,17,21)(H,18,19). The number of hydrogen-bond donors (Lipinski definition) is 3. The fourth-order valence-electron chi connectivity index (χ4n) is 1.86. The van der Waals surface area contributed by atoms with Gasteiger partial charge in [-0.2, -0.15) is 0 Å². The van der Waals surface area contributed by atoms with Crippen molar-refractivity contribution in [1.29, 1.82) is 0 Å². The molecule has 0 saturated heterocycles. The molecule has 0 radical (unpaired) electrons. The number of amides is 2. The van der Waals surface area contributed by atoms with Crippen LogP contribution in [0.3, 0.4) is 0 Å². The third kappa shape index (κ3) is 4.16. The van der Waals surface area contributed by atoms with E-state index in [4.69, 9.17) is 4.74 Å². The first-order valence-corrected chi connectivity index (χ1v) is 6.85. The summed E-state index contributed by atoms with van der Waals surface area (Å²) < 4.78 is 4.85. The number of aromatic amines is 1. The van der Waals surface area contributed by atoms with Gasteiger partial charge in [0.2, 0.25) is 0 Å². The first-order valence-electron chi connectivity index (χ1n) is 6.85. The molecule has 0 atom stereocenters. The second-order valence-corrected chi connectivity index (χ2v) is 4.54. The lowest BCUT2D eigenvalue weighted by Crippen LogP contribution is -2.31. The number of H-pyrrole nitrogens is 1. The number of nitrogens with zero attached hydrogens (tertiary/aromatic N) is 1. The molecule has 1 heterocycles. The lowest BCUT2D eigenvalue weighted by atomic mass is 10.2. The molecule has 0 aliphatic rings. The van der Waals surface area contributed by atoms with Gasteiger partial charge < -0.3 is 20.4 Å². The van der Waals surface area contributed by atoms with Crippen LogP contribution in [0.5, 0.6) is 0 Å². The predicted octanol–water partition coefficient (Wildman–Crippen LogP) is 0.716. The molecule has 0 unspecified atom stereocenters. The van der Waals surface area contributed by atoms with Crippen molar-refractivity contribution >= 4 is 11.8 Å². The highest BCUT2D eigenvalue weighted by Gasteiger charge is 2.19. The van der Waals surface area contributed by atoms with Crippen molar-refractivity contribution in [3.63, 3.8) is 0 Å². The number of carbonyl (C=O) groups is 2. The van der Waals surface area contributed by atoms with Gasteiger partial charge in [-0.15, -0.1) is 0 Å². The zero-order valence-corrected chi connectivity index (χ0v) is 12.3. The molecule has 0 bridgehead atoms. The normalized spacial score (nSPS) is 10.2. The topological polar surface area (TPSA) is 96.1 Å². The summed E-state index contributed by atoms with van der Waals surface area (Å²) in [5.41, 5.74) is 1.19. The lowest BCUT2D eigenvalue weighted by molar-refractivity contribution is 0.0904. The van der Waals surface area contributed by atoms with Gasteiger partial charge in [0.15, 0.2) is 5.69 Å². The Morgan fingerprint density at radius 1 is 1.18 bits per heavy atom. The van der Waals surface area contributed by atoms with Crippen LogP contribution in [-0.4, -0.2) is 42.0 Å². The van der Waals surface area contributed by atoms with Gasteiger partial charge in [0, 0.05) is 20.2 Å². The van der Waals surface area contributed by atoms with Crippen LogP contribution in [0.15, 0.2) is 36.7 Å². The molecular formula is C15H18N4O3. The Balaban J connectivity index is 1.96. The monoisotopic (exact) mass is 302 g/mol. The largest absolute Gasteiger partial charge is 0.383 e. The number of hydrogen-bond acceptors (Lipinski definition) is 4. The highest BCUT2D eigenvalue weighted by molar-refractivity contribution is 6.04. The minimum atomic E-state index is -0.414. The van der Waals surface area contributed by atoms with Crippen LogP contribution in [-0.2, 0) is 11.3 Å². The van der Waals surface area contributed by atoms with E-state index in [9.17, 15) is 9.59 Å². The SMILES string of the molecule is COCCNC(=O)c1nc[nH]c1C(=O)NCc1ccccc1. The summed E-state index contributed by atoms with van der Waals surface area (Å²) in [6, 6.07) is 9.51. The minimum absolute atomic E-state index is 0.0710.